The second-order valence-corrected chi connectivity index (χ2v) is 4.93. The summed E-state index contributed by atoms with van der Waals surface area (Å²) < 4.78 is 14.3. The van der Waals surface area contributed by atoms with Gasteiger partial charge in [-0.1, -0.05) is 15.9 Å². The van der Waals surface area contributed by atoms with Crippen molar-refractivity contribution in [2.45, 2.75) is 6.42 Å². The highest BCUT2D eigenvalue weighted by atomic mass is 79.9. The van der Waals surface area contributed by atoms with Gasteiger partial charge in [0.1, 0.15) is 5.82 Å². The minimum atomic E-state index is -0.549. The summed E-state index contributed by atoms with van der Waals surface area (Å²) in [4.78, 5) is 24.8. The Labute approximate surface area is 112 Å². The fourth-order valence-corrected chi connectivity index (χ4v) is 2.16. The lowest BCUT2D eigenvalue weighted by Gasteiger charge is -2.19. The average Bonchev–Trinajstić information content (AvgIpc) is 2.56. The van der Waals surface area contributed by atoms with Gasteiger partial charge in [-0.3, -0.25) is 9.59 Å². The van der Waals surface area contributed by atoms with Gasteiger partial charge in [0.25, 0.3) is 5.91 Å². The highest BCUT2D eigenvalue weighted by molar-refractivity contribution is 9.10. The Morgan fingerprint density at radius 3 is 2.94 bits per heavy atom. The zero-order valence-electron chi connectivity index (χ0n) is 9.58. The zero-order valence-corrected chi connectivity index (χ0v) is 11.2. The quantitative estimate of drug-likeness (QED) is 0.855. The Kier molecular flexibility index (Phi) is 3.96. The van der Waals surface area contributed by atoms with E-state index >= 15 is 0 Å². The molecule has 6 heteroatoms. The largest absolute Gasteiger partial charge is 0.354 e. The van der Waals surface area contributed by atoms with Crippen molar-refractivity contribution >= 4 is 27.7 Å². The molecule has 1 N–H and O–H groups in total. The molecule has 96 valence electrons. The van der Waals surface area contributed by atoms with Crippen LogP contribution < -0.4 is 5.32 Å². The predicted molar refractivity (Wildman–Crippen MR) is 67.6 cm³/mol. The van der Waals surface area contributed by atoms with Crippen molar-refractivity contribution in [1.82, 2.24) is 10.2 Å². The van der Waals surface area contributed by atoms with Gasteiger partial charge >= 0.3 is 0 Å². The Balaban J connectivity index is 2.19. The fraction of sp³-hybridized carbons (Fsp3) is 0.333. The van der Waals surface area contributed by atoms with Crippen LogP contribution >= 0.6 is 15.9 Å². The van der Waals surface area contributed by atoms with E-state index in [1.165, 1.54) is 17.0 Å². The van der Waals surface area contributed by atoms with E-state index in [1.54, 1.807) is 6.07 Å². The van der Waals surface area contributed by atoms with Gasteiger partial charge < -0.3 is 10.2 Å². The standard InChI is InChI=1S/C12H12BrFN2O2/c13-8-1-2-10(14)9(7-8)12(18)16-5-3-11(17)15-4-6-16/h1-2,7H,3-6H2,(H,15,17). The van der Waals surface area contributed by atoms with Crippen molar-refractivity contribution in [3.63, 3.8) is 0 Å². The van der Waals surface area contributed by atoms with E-state index in [-0.39, 0.29) is 23.8 Å². The highest BCUT2D eigenvalue weighted by Gasteiger charge is 2.22. The number of hydrogen-bond acceptors (Lipinski definition) is 2. The molecule has 0 spiro atoms. The molecule has 0 bridgehead atoms. The molecule has 1 aliphatic rings. The molecule has 0 aliphatic carbocycles. The van der Waals surface area contributed by atoms with Gasteiger partial charge in [0, 0.05) is 30.5 Å². The van der Waals surface area contributed by atoms with Gasteiger partial charge in [0.05, 0.1) is 5.56 Å². The normalized spacial score (nSPS) is 16.1. The molecule has 4 nitrogen and oxygen atoms in total. The third kappa shape index (κ3) is 2.87. The lowest BCUT2D eigenvalue weighted by Crippen LogP contribution is -2.34. The number of nitrogens with zero attached hydrogens (tertiary/aromatic N) is 1. The maximum atomic E-state index is 13.6. The molecule has 0 radical (unpaired) electrons. The van der Waals surface area contributed by atoms with Crippen molar-refractivity contribution in [3.05, 3.63) is 34.1 Å². The summed E-state index contributed by atoms with van der Waals surface area (Å²) in [5, 5.41) is 2.67. The van der Waals surface area contributed by atoms with Crippen molar-refractivity contribution in [2.75, 3.05) is 19.6 Å². The SMILES string of the molecule is O=C1CCN(C(=O)c2cc(Br)ccc2F)CCN1. The van der Waals surface area contributed by atoms with Crippen LogP contribution in [0.5, 0.6) is 0 Å². The van der Waals surface area contributed by atoms with E-state index in [2.05, 4.69) is 21.2 Å². The summed E-state index contributed by atoms with van der Waals surface area (Å²) in [6.45, 7) is 1.12. The number of carbonyl (C=O) groups excluding carboxylic acids is 2. The molecule has 0 atom stereocenters. The van der Waals surface area contributed by atoms with Crippen molar-refractivity contribution in [2.24, 2.45) is 0 Å². The molecule has 1 aromatic rings. The summed E-state index contributed by atoms with van der Waals surface area (Å²) >= 11 is 3.21. The van der Waals surface area contributed by atoms with Crippen LogP contribution in [0.25, 0.3) is 0 Å². The molecule has 0 unspecified atom stereocenters. The van der Waals surface area contributed by atoms with E-state index in [1.807, 2.05) is 0 Å². The first-order chi connectivity index (χ1) is 8.58. The van der Waals surface area contributed by atoms with Crippen LogP contribution in [0.4, 0.5) is 4.39 Å². The molecule has 0 saturated carbocycles. The lowest BCUT2D eigenvalue weighted by atomic mass is 10.2. The second kappa shape index (κ2) is 5.48. The van der Waals surface area contributed by atoms with Gasteiger partial charge in [0.2, 0.25) is 5.91 Å². The predicted octanol–water partition coefficient (Wildman–Crippen LogP) is 1.55. The topological polar surface area (TPSA) is 49.4 Å². The van der Waals surface area contributed by atoms with Gasteiger partial charge in [-0.2, -0.15) is 0 Å². The molecule has 1 fully saturated rings. The minimum Gasteiger partial charge on any atom is -0.354 e. The maximum absolute atomic E-state index is 13.6. The molecule has 0 aromatic heterocycles. The van der Waals surface area contributed by atoms with Crippen LogP contribution in [-0.2, 0) is 4.79 Å². The summed E-state index contributed by atoms with van der Waals surface area (Å²) in [7, 11) is 0. The molecule has 1 saturated heterocycles. The number of carbonyl (C=O) groups is 2. The van der Waals surface area contributed by atoms with Crippen molar-refractivity contribution in [1.29, 1.82) is 0 Å². The molecule has 1 heterocycles. The van der Waals surface area contributed by atoms with E-state index < -0.39 is 5.82 Å². The van der Waals surface area contributed by atoms with Crippen molar-refractivity contribution < 1.29 is 14.0 Å². The molecule has 1 aromatic carbocycles. The summed E-state index contributed by atoms with van der Waals surface area (Å²) in [6, 6.07) is 4.25. The number of hydrogen-bond donors (Lipinski definition) is 1. The number of halogens is 2. The van der Waals surface area contributed by atoms with E-state index in [0.717, 1.165) is 0 Å². The van der Waals surface area contributed by atoms with Crippen LogP contribution in [0.2, 0.25) is 0 Å². The first-order valence-corrected chi connectivity index (χ1v) is 6.38. The van der Waals surface area contributed by atoms with Crippen LogP contribution in [0.15, 0.2) is 22.7 Å². The van der Waals surface area contributed by atoms with E-state index in [4.69, 9.17) is 0 Å². The van der Waals surface area contributed by atoms with Crippen LogP contribution in [-0.4, -0.2) is 36.3 Å². The number of nitrogens with one attached hydrogen (secondary N) is 1. The Bertz CT molecular complexity index is 493. The van der Waals surface area contributed by atoms with Gasteiger partial charge in [-0.25, -0.2) is 4.39 Å². The number of amides is 2. The average molecular weight is 315 g/mol. The summed E-state index contributed by atoms with van der Waals surface area (Å²) in [5.74, 6) is -1.02. The van der Waals surface area contributed by atoms with Crippen molar-refractivity contribution in [3.8, 4) is 0 Å². The molecular weight excluding hydrogens is 303 g/mol. The maximum Gasteiger partial charge on any atom is 0.256 e. The number of rotatable bonds is 1. The van der Waals surface area contributed by atoms with E-state index in [0.29, 0.717) is 24.1 Å². The van der Waals surface area contributed by atoms with Crippen LogP contribution in [0, 0.1) is 5.82 Å². The minimum absolute atomic E-state index is 0.0266. The van der Waals surface area contributed by atoms with Gasteiger partial charge in [-0.15, -0.1) is 0 Å². The lowest BCUT2D eigenvalue weighted by molar-refractivity contribution is -0.120. The van der Waals surface area contributed by atoms with Gasteiger partial charge in [0.15, 0.2) is 0 Å². The first-order valence-electron chi connectivity index (χ1n) is 5.59. The number of benzene rings is 1. The van der Waals surface area contributed by atoms with Crippen LogP contribution in [0.3, 0.4) is 0 Å². The Morgan fingerprint density at radius 2 is 2.17 bits per heavy atom. The molecule has 2 amide bonds. The van der Waals surface area contributed by atoms with Crippen LogP contribution in [0.1, 0.15) is 16.8 Å². The summed E-state index contributed by atoms with van der Waals surface area (Å²) in [5.41, 5.74) is 0.0266. The summed E-state index contributed by atoms with van der Waals surface area (Å²) in [6.07, 6.45) is 0.251. The third-order valence-electron chi connectivity index (χ3n) is 2.76. The molecular formula is C12H12BrFN2O2. The third-order valence-corrected chi connectivity index (χ3v) is 3.25. The molecule has 2 rings (SSSR count). The Hall–Kier alpha value is -1.43. The Morgan fingerprint density at radius 1 is 1.39 bits per heavy atom. The fourth-order valence-electron chi connectivity index (χ4n) is 1.80. The molecule has 1 aliphatic heterocycles. The molecule has 18 heavy (non-hydrogen) atoms. The monoisotopic (exact) mass is 314 g/mol. The van der Waals surface area contributed by atoms with Gasteiger partial charge in [-0.05, 0) is 18.2 Å². The smallest absolute Gasteiger partial charge is 0.256 e. The highest BCUT2D eigenvalue weighted by Crippen LogP contribution is 2.17. The second-order valence-electron chi connectivity index (χ2n) is 4.02. The first kappa shape index (κ1) is 13.0. The zero-order chi connectivity index (χ0) is 13.1. The van der Waals surface area contributed by atoms with E-state index in [9.17, 15) is 14.0 Å².